The number of carbonyl (C=O) groups excluding carboxylic acids is 2. The quantitative estimate of drug-likeness (QED) is 0.610. The molecule has 0 unspecified atom stereocenters. The molecule has 2 rings (SSSR count). The first-order chi connectivity index (χ1) is 12.1. The molecule has 0 spiro atoms. The summed E-state index contributed by atoms with van der Waals surface area (Å²) in [6.45, 7) is 0.306. The molecule has 0 atom stereocenters. The Hall–Kier alpha value is -3.35. The highest BCUT2D eigenvalue weighted by atomic mass is 16.5. The first kappa shape index (κ1) is 18.0. The van der Waals surface area contributed by atoms with Gasteiger partial charge in [-0.15, -0.1) is 0 Å². The lowest BCUT2D eigenvalue weighted by atomic mass is 10.2. The Morgan fingerprint density at radius 3 is 2.60 bits per heavy atom. The number of carbonyl (C=O) groups is 2. The summed E-state index contributed by atoms with van der Waals surface area (Å²) in [6.07, 6.45) is 4.40. The van der Waals surface area contributed by atoms with Gasteiger partial charge in [-0.25, -0.2) is 9.59 Å². The summed E-state index contributed by atoms with van der Waals surface area (Å²) in [5.41, 5.74) is 1.34. The van der Waals surface area contributed by atoms with Crippen LogP contribution >= 0.6 is 0 Å². The zero-order valence-corrected chi connectivity index (χ0v) is 13.9. The number of rotatable bonds is 7. The van der Waals surface area contributed by atoms with E-state index in [9.17, 15) is 9.59 Å². The molecule has 7 heteroatoms. The van der Waals surface area contributed by atoms with E-state index in [4.69, 9.17) is 4.74 Å². The molecule has 0 saturated carbocycles. The minimum absolute atomic E-state index is 0.0632. The zero-order chi connectivity index (χ0) is 18.1. The maximum Gasteiger partial charge on any atom is 0.354 e. The number of methoxy groups -OCH3 is 2. The van der Waals surface area contributed by atoms with Gasteiger partial charge < -0.3 is 19.5 Å². The summed E-state index contributed by atoms with van der Waals surface area (Å²) in [7, 11) is 2.44. The van der Waals surface area contributed by atoms with Crippen molar-refractivity contribution in [3.63, 3.8) is 0 Å². The summed E-state index contributed by atoms with van der Waals surface area (Å²) < 4.78 is 15.0. The van der Waals surface area contributed by atoms with Crippen LogP contribution in [0, 0.1) is 0 Å². The number of para-hydroxylation sites is 2. The van der Waals surface area contributed by atoms with E-state index < -0.39 is 11.9 Å². The number of benzene rings is 1. The van der Waals surface area contributed by atoms with Gasteiger partial charge in [-0.1, -0.05) is 18.2 Å². The van der Waals surface area contributed by atoms with Crippen molar-refractivity contribution in [3.8, 4) is 5.75 Å². The van der Waals surface area contributed by atoms with Crippen molar-refractivity contribution in [2.45, 2.75) is 6.61 Å². The van der Waals surface area contributed by atoms with Crippen molar-refractivity contribution in [3.05, 3.63) is 66.1 Å². The smallest absolute Gasteiger partial charge is 0.354 e. The van der Waals surface area contributed by atoms with Crippen LogP contribution in [0.2, 0.25) is 0 Å². The molecule has 0 aliphatic rings. The SMILES string of the molecule is COC(=O)/C=C(/Nc1ccccc1OCc1cccnc1)C(=O)OC. The van der Waals surface area contributed by atoms with Crippen LogP contribution in [-0.2, 0) is 25.7 Å². The number of hydrogen-bond donors (Lipinski definition) is 1. The van der Waals surface area contributed by atoms with Crippen molar-refractivity contribution >= 4 is 17.6 Å². The molecular formula is C18H18N2O5. The van der Waals surface area contributed by atoms with Gasteiger partial charge in [-0.05, 0) is 18.2 Å². The van der Waals surface area contributed by atoms with Gasteiger partial charge in [0, 0.05) is 18.0 Å². The molecule has 0 radical (unpaired) electrons. The molecule has 2 aromatic rings. The minimum Gasteiger partial charge on any atom is -0.487 e. The molecule has 0 aliphatic heterocycles. The molecule has 1 aromatic heterocycles. The Morgan fingerprint density at radius 1 is 1.12 bits per heavy atom. The molecule has 0 bridgehead atoms. The van der Waals surface area contributed by atoms with E-state index in [0.717, 1.165) is 11.6 Å². The second kappa shape index (κ2) is 9.07. The second-order valence-corrected chi connectivity index (χ2v) is 4.84. The van der Waals surface area contributed by atoms with Gasteiger partial charge in [0.2, 0.25) is 0 Å². The van der Waals surface area contributed by atoms with E-state index in [1.54, 1.807) is 36.7 Å². The lowest BCUT2D eigenvalue weighted by molar-refractivity contribution is -0.138. The van der Waals surface area contributed by atoms with Crippen molar-refractivity contribution in [1.29, 1.82) is 0 Å². The van der Waals surface area contributed by atoms with E-state index in [-0.39, 0.29) is 5.70 Å². The van der Waals surface area contributed by atoms with Crippen LogP contribution in [0.3, 0.4) is 0 Å². The van der Waals surface area contributed by atoms with Gasteiger partial charge in [0.1, 0.15) is 18.1 Å². The molecule has 130 valence electrons. The van der Waals surface area contributed by atoms with E-state index in [2.05, 4.69) is 19.8 Å². The summed E-state index contributed by atoms with van der Waals surface area (Å²) in [6, 6.07) is 10.7. The Balaban J connectivity index is 2.19. The van der Waals surface area contributed by atoms with Crippen molar-refractivity contribution in [2.24, 2.45) is 0 Å². The molecule has 0 aliphatic carbocycles. The summed E-state index contributed by atoms with van der Waals surface area (Å²) in [5, 5.41) is 2.84. The third kappa shape index (κ3) is 5.35. The molecule has 1 N–H and O–H groups in total. The fourth-order valence-electron chi connectivity index (χ4n) is 1.92. The van der Waals surface area contributed by atoms with Crippen molar-refractivity contribution in [2.75, 3.05) is 19.5 Å². The predicted octanol–water partition coefficient (Wildman–Crippen LogP) is 2.30. The number of pyridine rings is 1. The van der Waals surface area contributed by atoms with E-state index in [0.29, 0.717) is 18.0 Å². The Labute approximate surface area is 145 Å². The summed E-state index contributed by atoms with van der Waals surface area (Å²) in [5.74, 6) is -0.875. The highest BCUT2D eigenvalue weighted by Crippen LogP contribution is 2.26. The molecule has 0 saturated heterocycles. The zero-order valence-electron chi connectivity index (χ0n) is 13.9. The molecule has 25 heavy (non-hydrogen) atoms. The third-order valence-corrected chi connectivity index (χ3v) is 3.14. The van der Waals surface area contributed by atoms with Crippen molar-refractivity contribution < 1.29 is 23.8 Å². The lowest BCUT2D eigenvalue weighted by Gasteiger charge is -2.14. The Bertz CT molecular complexity index is 759. The van der Waals surface area contributed by atoms with Gasteiger partial charge >= 0.3 is 11.9 Å². The first-order valence-corrected chi connectivity index (χ1v) is 7.39. The fourth-order valence-corrected chi connectivity index (χ4v) is 1.92. The molecule has 7 nitrogen and oxygen atoms in total. The van der Waals surface area contributed by atoms with Gasteiger partial charge in [0.15, 0.2) is 0 Å². The standard InChI is InChI=1S/C18H18N2O5/c1-23-17(21)10-15(18(22)24-2)20-14-7-3-4-8-16(14)25-12-13-6-5-9-19-11-13/h3-11,20H,12H2,1-2H3/b15-10+. The maximum atomic E-state index is 11.8. The average Bonchev–Trinajstić information content (AvgIpc) is 2.66. The van der Waals surface area contributed by atoms with Gasteiger partial charge in [0.05, 0.1) is 26.0 Å². The van der Waals surface area contributed by atoms with Gasteiger partial charge in [-0.2, -0.15) is 0 Å². The number of aromatic nitrogens is 1. The average molecular weight is 342 g/mol. The van der Waals surface area contributed by atoms with Crippen molar-refractivity contribution in [1.82, 2.24) is 4.98 Å². The molecule has 1 aromatic carbocycles. The van der Waals surface area contributed by atoms with Crippen LogP contribution in [0.15, 0.2) is 60.6 Å². The summed E-state index contributed by atoms with van der Waals surface area (Å²) in [4.78, 5) is 27.3. The van der Waals surface area contributed by atoms with E-state index in [1.165, 1.54) is 14.2 Å². The second-order valence-electron chi connectivity index (χ2n) is 4.84. The highest BCUT2D eigenvalue weighted by Gasteiger charge is 2.15. The maximum absolute atomic E-state index is 11.8. The number of esters is 2. The number of anilines is 1. The monoisotopic (exact) mass is 342 g/mol. The van der Waals surface area contributed by atoms with Gasteiger partial charge in [-0.3, -0.25) is 4.98 Å². The number of nitrogens with zero attached hydrogens (tertiary/aromatic N) is 1. The Kier molecular flexibility index (Phi) is 6.53. The predicted molar refractivity (Wildman–Crippen MR) is 90.7 cm³/mol. The number of ether oxygens (including phenoxy) is 3. The van der Waals surface area contributed by atoms with Crippen LogP contribution in [-0.4, -0.2) is 31.1 Å². The molecular weight excluding hydrogens is 324 g/mol. The first-order valence-electron chi connectivity index (χ1n) is 7.39. The molecule has 1 heterocycles. The van der Waals surface area contributed by atoms with Crippen LogP contribution in [0.1, 0.15) is 5.56 Å². The van der Waals surface area contributed by atoms with Crippen LogP contribution in [0.4, 0.5) is 5.69 Å². The topological polar surface area (TPSA) is 86.8 Å². The van der Waals surface area contributed by atoms with Crippen LogP contribution < -0.4 is 10.1 Å². The number of nitrogens with one attached hydrogen (secondary N) is 1. The molecule has 0 amide bonds. The minimum atomic E-state index is -0.701. The Morgan fingerprint density at radius 2 is 1.92 bits per heavy atom. The fraction of sp³-hybridized carbons (Fsp3) is 0.167. The van der Waals surface area contributed by atoms with Crippen LogP contribution in [0.5, 0.6) is 5.75 Å². The van der Waals surface area contributed by atoms with Gasteiger partial charge in [0.25, 0.3) is 0 Å². The molecule has 0 fully saturated rings. The van der Waals surface area contributed by atoms with E-state index >= 15 is 0 Å². The van der Waals surface area contributed by atoms with E-state index in [1.807, 2.05) is 12.1 Å². The highest BCUT2D eigenvalue weighted by molar-refractivity contribution is 5.99. The lowest BCUT2D eigenvalue weighted by Crippen LogP contribution is -2.16. The van der Waals surface area contributed by atoms with Crippen LogP contribution in [0.25, 0.3) is 0 Å². The summed E-state index contributed by atoms with van der Waals surface area (Å²) >= 11 is 0. The third-order valence-electron chi connectivity index (χ3n) is 3.14. The number of hydrogen-bond acceptors (Lipinski definition) is 7. The largest absolute Gasteiger partial charge is 0.487 e. The normalized spacial score (nSPS) is 10.7.